The van der Waals surface area contributed by atoms with Crippen molar-refractivity contribution in [1.82, 2.24) is 15.0 Å². The van der Waals surface area contributed by atoms with Crippen LogP contribution in [0.25, 0.3) is 0 Å². The zero-order valence-corrected chi connectivity index (χ0v) is 10.6. The van der Waals surface area contributed by atoms with Crippen LogP contribution in [0, 0.1) is 5.92 Å². The van der Waals surface area contributed by atoms with E-state index in [1.807, 2.05) is 27.7 Å². The van der Waals surface area contributed by atoms with Gasteiger partial charge in [-0.3, -0.25) is 5.43 Å². The van der Waals surface area contributed by atoms with Crippen molar-refractivity contribution in [2.75, 3.05) is 12.0 Å². The lowest BCUT2D eigenvalue weighted by Gasteiger charge is -2.11. The van der Waals surface area contributed by atoms with Crippen LogP contribution in [-0.2, 0) is 0 Å². The van der Waals surface area contributed by atoms with E-state index in [1.54, 1.807) is 0 Å². The molecule has 0 saturated heterocycles. The maximum absolute atomic E-state index is 5.39. The second-order valence-electron chi connectivity index (χ2n) is 4.24. The molecule has 0 amide bonds. The van der Waals surface area contributed by atoms with Crippen LogP contribution in [0.4, 0.5) is 5.95 Å². The van der Waals surface area contributed by atoms with Crippen molar-refractivity contribution in [2.45, 2.75) is 33.8 Å². The summed E-state index contributed by atoms with van der Waals surface area (Å²) >= 11 is 0. The Morgan fingerprint density at radius 3 is 2.29 bits per heavy atom. The lowest BCUT2D eigenvalue weighted by atomic mass is 10.2. The number of hydrogen-bond donors (Lipinski definition) is 2. The number of nitrogens with one attached hydrogen (secondary N) is 1. The molecule has 0 spiro atoms. The molecule has 0 saturated carbocycles. The number of nitrogens with two attached hydrogens (primary N) is 1. The molecule has 7 heteroatoms. The smallest absolute Gasteiger partial charge is 0.324 e. The van der Waals surface area contributed by atoms with E-state index in [0.717, 1.165) is 0 Å². The topological polar surface area (TPSA) is 95.2 Å². The van der Waals surface area contributed by atoms with Gasteiger partial charge >= 0.3 is 12.0 Å². The second-order valence-corrected chi connectivity index (χ2v) is 4.24. The lowest BCUT2D eigenvalue weighted by molar-refractivity contribution is 0.207. The van der Waals surface area contributed by atoms with Gasteiger partial charge in [-0.15, -0.1) is 4.98 Å². The van der Waals surface area contributed by atoms with E-state index in [2.05, 4.69) is 20.4 Å². The highest BCUT2D eigenvalue weighted by atomic mass is 16.5. The molecule has 1 heterocycles. The monoisotopic (exact) mass is 241 g/mol. The number of nitrogens with zero attached hydrogens (tertiary/aromatic N) is 3. The molecular formula is C10H19N5O2. The molecule has 17 heavy (non-hydrogen) atoms. The summed E-state index contributed by atoms with van der Waals surface area (Å²) < 4.78 is 10.8. The van der Waals surface area contributed by atoms with Gasteiger partial charge in [0, 0.05) is 0 Å². The van der Waals surface area contributed by atoms with E-state index in [9.17, 15) is 0 Å². The highest BCUT2D eigenvalue weighted by molar-refractivity contribution is 5.25. The maximum Gasteiger partial charge on any atom is 0.324 e. The number of hydrazine groups is 1. The van der Waals surface area contributed by atoms with Gasteiger partial charge in [-0.05, 0) is 19.8 Å². The van der Waals surface area contributed by atoms with Crippen LogP contribution in [0.15, 0.2) is 0 Å². The Hall–Kier alpha value is -1.63. The van der Waals surface area contributed by atoms with Crippen molar-refractivity contribution in [2.24, 2.45) is 11.8 Å². The first-order valence-corrected chi connectivity index (χ1v) is 5.53. The molecule has 0 aromatic carbocycles. The molecule has 7 nitrogen and oxygen atoms in total. The molecule has 0 bridgehead atoms. The highest BCUT2D eigenvalue weighted by Crippen LogP contribution is 2.14. The van der Waals surface area contributed by atoms with Crippen LogP contribution in [-0.4, -0.2) is 27.7 Å². The SMILES string of the molecule is CC(C)COc1nc(NN)nc(OC(C)C)n1. The Kier molecular flexibility index (Phi) is 4.89. The summed E-state index contributed by atoms with van der Waals surface area (Å²) in [6.45, 7) is 8.36. The summed E-state index contributed by atoms with van der Waals surface area (Å²) in [5.74, 6) is 5.86. The maximum atomic E-state index is 5.39. The first-order valence-electron chi connectivity index (χ1n) is 5.53. The Bertz CT molecular complexity index is 357. The predicted molar refractivity (Wildman–Crippen MR) is 63.7 cm³/mol. The molecule has 1 rings (SSSR count). The van der Waals surface area contributed by atoms with Gasteiger partial charge in [-0.2, -0.15) is 9.97 Å². The van der Waals surface area contributed by atoms with Crippen LogP contribution in [0.2, 0.25) is 0 Å². The van der Waals surface area contributed by atoms with Gasteiger partial charge in [-0.1, -0.05) is 13.8 Å². The van der Waals surface area contributed by atoms with Crippen LogP contribution in [0.5, 0.6) is 12.0 Å². The summed E-state index contributed by atoms with van der Waals surface area (Å²) in [6.07, 6.45) is -0.0269. The van der Waals surface area contributed by atoms with Gasteiger partial charge in [0.25, 0.3) is 0 Å². The van der Waals surface area contributed by atoms with Crippen molar-refractivity contribution in [3.8, 4) is 12.0 Å². The molecule has 0 atom stereocenters. The van der Waals surface area contributed by atoms with Crippen LogP contribution in [0.1, 0.15) is 27.7 Å². The van der Waals surface area contributed by atoms with Gasteiger partial charge in [-0.25, -0.2) is 5.84 Å². The molecule has 0 aliphatic heterocycles. The van der Waals surface area contributed by atoms with Crippen molar-refractivity contribution < 1.29 is 9.47 Å². The van der Waals surface area contributed by atoms with Gasteiger partial charge in [0.05, 0.1) is 12.7 Å². The van der Waals surface area contributed by atoms with Crippen molar-refractivity contribution in [3.05, 3.63) is 0 Å². The number of nitrogen functional groups attached to an aromatic ring is 1. The van der Waals surface area contributed by atoms with Gasteiger partial charge in [0.15, 0.2) is 0 Å². The van der Waals surface area contributed by atoms with E-state index in [-0.39, 0.29) is 24.1 Å². The minimum atomic E-state index is -0.0269. The van der Waals surface area contributed by atoms with Crippen LogP contribution < -0.4 is 20.7 Å². The normalized spacial score (nSPS) is 10.8. The molecule has 0 radical (unpaired) electrons. The summed E-state index contributed by atoms with van der Waals surface area (Å²) in [4.78, 5) is 12.0. The number of aromatic nitrogens is 3. The summed E-state index contributed by atoms with van der Waals surface area (Å²) in [5.41, 5.74) is 2.35. The Morgan fingerprint density at radius 2 is 1.76 bits per heavy atom. The average molecular weight is 241 g/mol. The molecular weight excluding hydrogens is 222 g/mol. The Labute approximate surface area is 101 Å². The summed E-state index contributed by atoms with van der Waals surface area (Å²) in [5, 5.41) is 0. The third kappa shape index (κ3) is 4.81. The summed E-state index contributed by atoms with van der Waals surface area (Å²) in [6, 6.07) is 0.402. The van der Waals surface area contributed by atoms with E-state index >= 15 is 0 Å². The number of ether oxygens (including phenoxy) is 2. The largest absolute Gasteiger partial charge is 0.463 e. The standard InChI is InChI=1S/C10H19N5O2/c1-6(2)5-16-9-12-8(15-11)13-10(14-9)17-7(3)4/h6-7H,5,11H2,1-4H3,(H,12,13,14,15). The van der Waals surface area contributed by atoms with E-state index < -0.39 is 0 Å². The third-order valence-electron chi connectivity index (χ3n) is 1.61. The van der Waals surface area contributed by atoms with E-state index in [4.69, 9.17) is 15.3 Å². The average Bonchev–Trinajstić information content (AvgIpc) is 2.25. The quantitative estimate of drug-likeness (QED) is 0.566. The van der Waals surface area contributed by atoms with Crippen LogP contribution in [0.3, 0.4) is 0 Å². The molecule has 0 unspecified atom stereocenters. The second kappa shape index (κ2) is 6.19. The van der Waals surface area contributed by atoms with Gasteiger partial charge in [0.2, 0.25) is 5.95 Å². The molecule has 1 aromatic heterocycles. The zero-order valence-electron chi connectivity index (χ0n) is 10.6. The number of rotatable bonds is 6. The fourth-order valence-corrected chi connectivity index (χ4v) is 0.972. The molecule has 0 aliphatic carbocycles. The third-order valence-corrected chi connectivity index (χ3v) is 1.61. The zero-order chi connectivity index (χ0) is 12.8. The molecule has 0 aliphatic rings. The van der Waals surface area contributed by atoms with E-state index in [0.29, 0.717) is 12.5 Å². The number of hydrogen-bond acceptors (Lipinski definition) is 7. The molecule has 96 valence electrons. The van der Waals surface area contributed by atoms with Crippen molar-refractivity contribution in [3.63, 3.8) is 0 Å². The fourth-order valence-electron chi connectivity index (χ4n) is 0.972. The molecule has 3 N–H and O–H groups in total. The first kappa shape index (κ1) is 13.4. The highest BCUT2D eigenvalue weighted by Gasteiger charge is 2.09. The first-order chi connectivity index (χ1) is 8.01. The fraction of sp³-hybridized carbons (Fsp3) is 0.700. The summed E-state index contributed by atoms with van der Waals surface area (Å²) in [7, 11) is 0. The minimum Gasteiger partial charge on any atom is -0.463 e. The van der Waals surface area contributed by atoms with E-state index in [1.165, 1.54) is 0 Å². The molecule has 1 aromatic rings. The van der Waals surface area contributed by atoms with Gasteiger partial charge < -0.3 is 9.47 Å². The lowest BCUT2D eigenvalue weighted by Crippen LogP contribution is -2.16. The van der Waals surface area contributed by atoms with Crippen LogP contribution >= 0.6 is 0 Å². The minimum absolute atomic E-state index is 0.0269. The Balaban J connectivity index is 2.81. The van der Waals surface area contributed by atoms with Gasteiger partial charge in [0.1, 0.15) is 0 Å². The molecule has 0 fully saturated rings. The Morgan fingerprint density at radius 1 is 1.12 bits per heavy atom. The van der Waals surface area contributed by atoms with Crippen molar-refractivity contribution in [1.29, 1.82) is 0 Å². The number of anilines is 1. The van der Waals surface area contributed by atoms with Crippen molar-refractivity contribution >= 4 is 5.95 Å². The predicted octanol–water partition coefficient (Wildman–Crippen LogP) is 0.979.